The van der Waals surface area contributed by atoms with Gasteiger partial charge in [-0.3, -0.25) is 9.69 Å². The Morgan fingerprint density at radius 3 is 2.88 bits per heavy atom. The smallest absolute Gasteiger partial charge is 0.320 e. The molecular formula is C11H13Cl2NO2S. The van der Waals surface area contributed by atoms with Crippen molar-refractivity contribution in [2.45, 2.75) is 31.8 Å². The molecule has 1 atom stereocenters. The van der Waals surface area contributed by atoms with Crippen molar-refractivity contribution < 1.29 is 9.90 Å². The maximum Gasteiger partial charge on any atom is 0.320 e. The van der Waals surface area contributed by atoms with Gasteiger partial charge < -0.3 is 5.11 Å². The van der Waals surface area contributed by atoms with Crippen molar-refractivity contribution in [3.05, 3.63) is 20.3 Å². The fourth-order valence-corrected chi connectivity index (χ4v) is 3.63. The number of aliphatic carboxylic acids is 1. The van der Waals surface area contributed by atoms with Gasteiger partial charge in [-0.2, -0.15) is 0 Å². The predicted octanol–water partition coefficient (Wildman–Crippen LogP) is 3.49. The summed E-state index contributed by atoms with van der Waals surface area (Å²) >= 11 is 13.3. The van der Waals surface area contributed by atoms with Crippen LogP contribution in [0.1, 0.15) is 24.8 Å². The maximum absolute atomic E-state index is 11.1. The van der Waals surface area contributed by atoms with Crippen LogP contribution in [0.25, 0.3) is 0 Å². The van der Waals surface area contributed by atoms with Gasteiger partial charge in [-0.05, 0) is 31.0 Å². The lowest BCUT2D eigenvalue weighted by molar-refractivity contribution is -0.144. The lowest BCUT2D eigenvalue weighted by Crippen LogP contribution is -2.43. The van der Waals surface area contributed by atoms with E-state index in [0.717, 1.165) is 24.9 Å². The highest BCUT2D eigenvalue weighted by Crippen LogP contribution is 2.33. The molecule has 0 amide bonds. The van der Waals surface area contributed by atoms with Crippen LogP contribution in [0.2, 0.25) is 8.67 Å². The van der Waals surface area contributed by atoms with Crippen LogP contribution in [0.4, 0.5) is 0 Å². The topological polar surface area (TPSA) is 40.5 Å². The van der Waals surface area contributed by atoms with E-state index in [-0.39, 0.29) is 0 Å². The van der Waals surface area contributed by atoms with Crippen molar-refractivity contribution in [2.75, 3.05) is 6.54 Å². The van der Waals surface area contributed by atoms with Crippen molar-refractivity contribution >= 4 is 40.5 Å². The first-order chi connectivity index (χ1) is 8.08. The molecule has 0 aromatic carbocycles. The first kappa shape index (κ1) is 13.1. The molecule has 1 fully saturated rings. The van der Waals surface area contributed by atoms with Crippen LogP contribution in [-0.2, 0) is 11.3 Å². The second-order valence-corrected chi connectivity index (χ2v) is 6.46. The lowest BCUT2D eigenvalue weighted by atomic mass is 10.0. The van der Waals surface area contributed by atoms with E-state index in [1.165, 1.54) is 11.3 Å². The standard InChI is InChI=1S/C11H13Cl2NO2S/c12-9-5-7(10(13)17-9)6-14-4-2-1-3-8(14)11(15)16/h5,8H,1-4,6H2,(H,15,16)/t8-/m0/s1. The largest absolute Gasteiger partial charge is 0.480 e. The molecule has 1 saturated heterocycles. The van der Waals surface area contributed by atoms with Gasteiger partial charge in [-0.1, -0.05) is 29.6 Å². The minimum absolute atomic E-state index is 0.390. The van der Waals surface area contributed by atoms with Gasteiger partial charge in [0.15, 0.2) is 0 Å². The van der Waals surface area contributed by atoms with E-state index < -0.39 is 12.0 Å². The molecule has 0 bridgehead atoms. The average Bonchev–Trinajstić information content (AvgIpc) is 2.58. The number of hydrogen-bond donors (Lipinski definition) is 1. The van der Waals surface area contributed by atoms with Crippen LogP contribution < -0.4 is 0 Å². The summed E-state index contributed by atoms with van der Waals surface area (Å²) in [6.45, 7) is 1.37. The van der Waals surface area contributed by atoms with E-state index in [1.54, 1.807) is 0 Å². The van der Waals surface area contributed by atoms with E-state index in [0.29, 0.717) is 21.6 Å². The third-order valence-electron chi connectivity index (χ3n) is 3.00. The molecule has 1 aromatic rings. The summed E-state index contributed by atoms with van der Waals surface area (Å²) in [5.74, 6) is -0.748. The highest BCUT2D eigenvalue weighted by Gasteiger charge is 2.28. The summed E-state index contributed by atoms with van der Waals surface area (Å²) in [5.41, 5.74) is 0.926. The molecule has 2 heterocycles. The fourth-order valence-electron chi connectivity index (χ4n) is 2.16. The second-order valence-electron chi connectivity index (χ2n) is 4.17. The Morgan fingerprint density at radius 1 is 1.53 bits per heavy atom. The van der Waals surface area contributed by atoms with Crippen molar-refractivity contribution in [1.82, 2.24) is 4.90 Å². The van der Waals surface area contributed by atoms with Gasteiger partial charge >= 0.3 is 5.97 Å². The van der Waals surface area contributed by atoms with Crippen LogP contribution in [-0.4, -0.2) is 28.6 Å². The molecule has 1 N–H and O–H groups in total. The van der Waals surface area contributed by atoms with Gasteiger partial charge in [-0.15, -0.1) is 11.3 Å². The number of rotatable bonds is 3. The molecule has 0 unspecified atom stereocenters. The molecule has 2 rings (SSSR count). The Morgan fingerprint density at radius 2 is 2.29 bits per heavy atom. The quantitative estimate of drug-likeness (QED) is 0.927. The number of nitrogens with zero attached hydrogens (tertiary/aromatic N) is 1. The van der Waals surface area contributed by atoms with E-state index in [1.807, 2.05) is 11.0 Å². The van der Waals surface area contributed by atoms with Crippen molar-refractivity contribution in [1.29, 1.82) is 0 Å². The van der Waals surface area contributed by atoms with E-state index >= 15 is 0 Å². The molecule has 0 saturated carbocycles. The maximum atomic E-state index is 11.1. The molecule has 1 aromatic heterocycles. The number of carboxylic acid groups (broad SMARTS) is 1. The van der Waals surface area contributed by atoms with Crippen LogP contribution >= 0.6 is 34.5 Å². The molecule has 17 heavy (non-hydrogen) atoms. The summed E-state index contributed by atoms with van der Waals surface area (Å²) in [6.07, 6.45) is 2.73. The molecule has 0 radical (unpaired) electrons. The first-order valence-electron chi connectivity index (χ1n) is 5.48. The van der Waals surface area contributed by atoms with Gasteiger partial charge in [0.25, 0.3) is 0 Å². The zero-order chi connectivity index (χ0) is 12.4. The summed E-state index contributed by atoms with van der Waals surface area (Å²) < 4.78 is 1.30. The van der Waals surface area contributed by atoms with Crippen molar-refractivity contribution in [3.8, 4) is 0 Å². The third-order valence-corrected chi connectivity index (χ3v) is 4.57. The van der Waals surface area contributed by atoms with Crippen LogP contribution in [0.3, 0.4) is 0 Å². The average molecular weight is 294 g/mol. The van der Waals surface area contributed by atoms with Gasteiger partial charge in [-0.25, -0.2) is 0 Å². The third kappa shape index (κ3) is 3.13. The Bertz CT molecular complexity index is 422. The molecule has 1 aliphatic heterocycles. The van der Waals surface area contributed by atoms with Crippen LogP contribution in [0.15, 0.2) is 6.07 Å². The minimum Gasteiger partial charge on any atom is -0.480 e. The molecule has 1 aliphatic rings. The number of halogens is 2. The summed E-state index contributed by atoms with van der Waals surface area (Å²) in [5, 5.41) is 9.16. The van der Waals surface area contributed by atoms with Gasteiger partial charge in [0, 0.05) is 6.54 Å². The number of likely N-dealkylation sites (tertiary alicyclic amines) is 1. The first-order valence-corrected chi connectivity index (χ1v) is 7.05. The normalized spacial score (nSPS) is 21.6. The highest BCUT2D eigenvalue weighted by molar-refractivity contribution is 7.20. The Hall–Kier alpha value is -0.290. The van der Waals surface area contributed by atoms with E-state index in [4.69, 9.17) is 28.3 Å². The minimum atomic E-state index is -0.748. The highest BCUT2D eigenvalue weighted by atomic mass is 35.5. The van der Waals surface area contributed by atoms with Crippen molar-refractivity contribution in [3.63, 3.8) is 0 Å². The molecule has 6 heteroatoms. The number of hydrogen-bond acceptors (Lipinski definition) is 3. The Kier molecular flexibility index (Phi) is 4.31. The summed E-state index contributed by atoms with van der Waals surface area (Å²) in [4.78, 5) is 13.1. The molecular weight excluding hydrogens is 281 g/mol. The van der Waals surface area contributed by atoms with Gasteiger partial charge in [0.2, 0.25) is 0 Å². The number of carboxylic acids is 1. The zero-order valence-electron chi connectivity index (χ0n) is 9.16. The fraction of sp³-hybridized carbons (Fsp3) is 0.545. The number of carbonyl (C=O) groups is 1. The number of piperidine rings is 1. The van der Waals surface area contributed by atoms with Gasteiger partial charge in [0.1, 0.15) is 6.04 Å². The van der Waals surface area contributed by atoms with Gasteiger partial charge in [0.05, 0.1) is 8.67 Å². The van der Waals surface area contributed by atoms with E-state index in [2.05, 4.69) is 0 Å². The SMILES string of the molecule is O=C(O)[C@@H]1CCCCN1Cc1cc(Cl)sc1Cl. The molecule has 0 aliphatic carbocycles. The lowest BCUT2D eigenvalue weighted by Gasteiger charge is -2.32. The molecule has 3 nitrogen and oxygen atoms in total. The monoisotopic (exact) mass is 293 g/mol. The van der Waals surface area contributed by atoms with Crippen molar-refractivity contribution in [2.24, 2.45) is 0 Å². The predicted molar refractivity (Wildman–Crippen MR) is 70.0 cm³/mol. The zero-order valence-corrected chi connectivity index (χ0v) is 11.5. The Labute approximate surface area is 114 Å². The number of thiophene rings is 1. The molecule has 0 spiro atoms. The Balaban J connectivity index is 2.10. The molecule has 94 valence electrons. The summed E-state index contributed by atoms with van der Waals surface area (Å²) in [6, 6.07) is 1.43. The van der Waals surface area contributed by atoms with E-state index in [9.17, 15) is 4.79 Å². The van der Waals surface area contributed by atoms with Crippen LogP contribution in [0, 0.1) is 0 Å². The van der Waals surface area contributed by atoms with Crippen LogP contribution in [0.5, 0.6) is 0 Å². The second kappa shape index (κ2) is 5.57. The summed E-state index contributed by atoms with van der Waals surface area (Å²) in [7, 11) is 0.